The van der Waals surface area contributed by atoms with Crippen molar-refractivity contribution in [2.75, 3.05) is 0 Å². The molecule has 3 aromatic rings. The second kappa shape index (κ2) is 4.35. The normalized spacial score (nSPS) is 11.2. The van der Waals surface area contributed by atoms with Crippen LogP contribution in [0.2, 0.25) is 5.02 Å². The number of hydrogen-bond acceptors (Lipinski definition) is 3. The van der Waals surface area contributed by atoms with Crippen LogP contribution >= 0.6 is 11.6 Å². The zero-order valence-corrected chi connectivity index (χ0v) is 11.6. The average Bonchev–Trinajstić information content (AvgIpc) is 2.85. The summed E-state index contributed by atoms with van der Waals surface area (Å²) < 4.78 is 1.28. The Kier molecular flexibility index (Phi) is 2.76. The molecule has 0 atom stereocenters. The minimum absolute atomic E-state index is 0.250. The Labute approximate surface area is 118 Å². The molecule has 2 N–H and O–H groups in total. The molecule has 7 heteroatoms. The van der Waals surface area contributed by atoms with E-state index in [-0.39, 0.29) is 5.52 Å². The Morgan fingerprint density at radius 3 is 2.75 bits per heavy atom. The van der Waals surface area contributed by atoms with Gasteiger partial charge in [-0.25, -0.2) is 9.78 Å². The molecule has 0 amide bonds. The van der Waals surface area contributed by atoms with E-state index < -0.39 is 11.2 Å². The first-order valence-corrected chi connectivity index (χ1v) is 6.31. The van der Waals surface area contributed by atoms with Gasteiger partial charge in [0.25, 0.3) is 5.56 Å². The standard InChI is InChI=1S/C13H11ClN4O2/c1-6-4-3-5-7(8(6)14)10-15-9-11(16-10)18(2)13(20)17-12(9)19/h3-5H,1-2H3,(H,15,16)(H,17,19,20). The quantitative estimate of drug-likeness (QED) is 0.714. The van der Waals surface area contributed by atoms with Gasteiger partial charge in [-0.1, -0.05) is 23.7 Å². The molecule has 0 saturated heterocycles. The van der Waals surface area contributed by atoms with Crippen molar-refractivity contribution in [1.29, 1.82) is 0 Å². The van der Waals surface area contributed by atoms with Crippen LogP contribution in [-0.4, -0.2) is 19.5 Å². The van der Waals surface area contributed by atoms with Gasteiger partial charge in [0, 0.05) is 12.6 Å². The zero-order valence-electron chi connectivity index (χ0n) is 10.8. The predicted molar refractivity (Wildman–Crippen MR) is 77.1 cm³/mol. The highest BCUT2D eigenvalue weighted by molar-refractivity contribution is 6.34. The van der Waals surface area contributed by atoms with Gasteiger partial charge in [0.2, 0.25) is 0 Å². The van der Waals surface area contributed by atoms with Crippen LogP contribution < -0.4 is 11.2 Å². The van der Waals surface area contributed by atoms with E-state index in [4.69, 9.17) is 11.6 Å². The third-order valence-electron chi connectivity index (χ3n) is 3.20. The number of hydrogen-bond donors (Lipinski definition) is 2. The van der Waals surface area contributed by atoms with Crippen molar-refractivity contribution >= 4 is 22.8 Å². The number of benzene rings is 1. The number of nitrogens with zero attached hydrogens (tertiary/aromatic N) is 2. The lowest BCUT2D eigenvalue weighted by molar-refractivity contribution is 0.832. The van der Waals surface area contributed by atoms with E-state index in [9.17, 15) is 9.59 Å². The summed E-state index contributed by atoms with van der Waals surface area (Å²) in [5.41, 5.74) is 1.15. The summed E-state index contributed by atoms with van der Waals surface area (Å²) in [6, 6.07) is 5.55. The molecule has 0 bridgehead atoms. The molecular weight excluding hydrogens is 280 g/mol. The third kappa shape index (κ3) is 1.77. The Hall–Kier alpha value is -2.34. The molecule has 0 fully saturated rings. The Morgan fingerprint density at radius 1 is 1.25 bits per heavy atom. The van der Waals surface area contributed by atoms with Gasteiger partial charge in [-0.05, 0) is 18.6 Å². The van der Waals surface area contributed by atoms with E-state index >= 15 is 0 Å². The minimum Gasteiger partial charge on any atom is -0.332 e. The van der Waals surface area contributed by atoms with Crippen LogP contribution in [0.4, 0.5) is 0 Å². The first kappa shape index (κ1) is 12.7. The Morgan fingerprint density at radius 2 is 2.00 bits per heavy atom. The smallest absolute Gasteiger partial charge is 0.329 e. The SMILES string of the molecule is Cc1cccc(-c2nc3c([nH]2)c(=O)[nH]c(=O)n3C)c1Cl. The fourth-order valence-electron chi connectivity index (χ4n) is 2.06. The number of H-pyrrole nitrogens is 2. The number of aromatic amines is 2. The van der Waals surface area contributed by atoms with E-state index in [0.29, 0.717) is 22.1 Å². The third-order valence-corrected chi connectivity index (χ3v) is 3.70. The maximum absolute atomic E-state index is 11.8. The van der Waals surface area contributed by atoms with Crippen LogP contribution in [-0.2, 0) is 7.05 Å². The van der Waals surface area contributed by atoms with Crippen LogP contribution in [0.1, 0.15) is 5.56 Å². The molecule has 102 valence electrons. The van der Waals surface area contributed by atoms with E-state index in [1.54, 1.807) is 13.1 Å². The van der Waals surface area contributed by atoms with Gasteiger partial charge in [0.05, 0.1) is 5.02 Å². The lowest BCUT2D eigenvalue weighted by Crippen LogP contribution is -2.28. The maximum atomic E-state index is 11.8. The fraction of sp³-hybridized carbons (Fsp3) is 0.154. The van der Waals surface area contributed by atoms with Crippen molar-refractivity contribution < 1.29 is 0 Å². The van der Waals surface area contributed by atoms with E-state index in [1.807, 2.05) is 19.1 Å². The van der Waals surface area contributed by atoms with Gasteiger partial charge in [-0.2, -0.15) is 0 Å². The van der Waals surface area contributed by atoms with Gasteiger partial charge in [-0.15, -0.1) is 0 Å². The van der Waals surface area contributed by atoms with Gasteiger partial charge >= 0.3 is 5.69 Å². The zero-order chi connectivity index (χ0) is 14.4. The highest BCUT2D eigenvalue weighted by Gasteiger charge is 2.14. The number of aryl methyl sites for hydroxylation is 2. The molecule has 2 heterocycles. The molecule has 0 spiro atoms. The van der Waals surface area contributed by atoms with Gasteiger partial charge in [0.1, 0.15) is 11.3 Å². The van der Waals surface area contributed by atoms with Gasteiger partial charge in [0.15, 0.2) is 5.65 Å². The largest absolute Gasteiger partial charge is 0.332 e. The van der Waals surface area contributed by atoms with Crippen molar-refractivity contribution in [3.63, 3.8) is 0 Å². The minimum atomic E-state index is -0.504. The molecule has 0 unspecified atom stereocenters. The highest BCUT2D eigenvalue weighted by atomic mass is 35.5. The Bertz CT molecular complexity index is 936. The van der Waals surface area contributed by atoms with Crippen LogP contribution in [0.5, 0.6) is 0 Å². The van der Waals surface area contributed by atoms with Crippen molar-refractivity contribution in [2.24, 2.45) is 7.05 Å². The summed E-state index contributed by atoms with van der Waals surface area (Å²) >= 11 is 6.25. The number of aromatic nitrogens is 4. The summed E-state index contributed by atoms with van der Waals surface area (Å²) in [6.45, 7) is 1.89. The highest BCUT2D eigenvalue weighted by Crippen LogP contribution is 2.28. The molecule has 0 aliphatic rings. The molecule has 20 heavy (non-hydrogen) atoms. The molecule has 0 aliphatic carbocycles. The van der Waals surface area contributed by atoms with Crippen LogP contribution in [0, 0.1) is 6.92 Å². The molecule has 0 saturated carbocycles. The average molecular weight is 291 g/mol. The second-order valence-electron chi connectivity index (χ2n) is 4.54. The number of fused-ring (bicyclic) bond motifs is 1. The van der Waals surface area contributed by atoms with E-state index in [0.717, 1.165) is 5.56 Å². The van der Waals surface area contributed by atoms with Gasteiger partial charge < -0.3 is 4.98 Å². The van der Waals surface area contributed by atoms with E-state index in [1.165, 1.54) is 4.57 Å². The first-order valence-electron chi connectivity index (χ1n) is 5.93. The molecule has 1 aromatic carbocycles. The molecule has 6 nitrogen and oxygen atoms in total. The number of imidazole rings is 1. The lowest BCUT2D eigenvalue weighted by Gasteiger charge is -2.02. The molecule has 0 aliphatic heterocycles. The summed E-state index contributed by atoms with van der Waals surface area (Å²) in [7, 11) is 1.54. The second-order valence-corrected chi connectivity index (χ2v) is 4.92. The summed E-state index contributed by atoms with van der Waals surface area (Å²) in [6.07, 6.45) is 0. The van der Waals surface area contributed by atoms with Crippen LogP contribution in [0.25, 0.3) is 22.6 Å². The van der Waals surface area contributed by atoms with Gasteiger partial charge in [-0.3, -0.25) is 14.3 Å². The summed E-state index contributed by atoms with van der Waals surface area (Å²) in [4.78, 5) is 32.8. The predicted octanol–water partition coefficient (Wildman–Crippen LogP) is 1.58. The summed E-state index contributed by atoms with van der Waals surface area (Å²) in [5, 5.41) is 0.563. The molecule has 0 radical (unpaired) electrons. The van der Waals surface area contributed by atoms with Crippen molar-refractivity contribution in [1.82, 2.24) is 19.5 Å². The molecule has 2 aromatic heterocycles. The van der Waals surface area contributed by atoms with Crippen molar-refractivity contribution in [2.45, 2.75) is 6.92 Å². The van der Waals surface area contributed by atoms with Crippen molar-refractivity contribution in [3.05, 3.63) is 49.6 Å². The molecule has 3 rings (SSSR count). The first-order chi connectivity index (χ1) is 9.49. The molecular formula is C13H11ClN4O2. The fourth-order valence-corrected chi connectivity index (χ4v) is 2.28. The maximum Gasteiger partial charge on any atom is 0.329 e. The van der Waals surface area contributed by atoms with Crippen LogP contribution in [0.15, 0.2) is 27.8 Å². The summed E-state index contributed by atoms with van der Waals surface area (Å²) in [5.74, 6) is 0.459. The topological polar surface area (TPSA) is 83.5 Å². The number of rotatable bonds is 1. The number of halogens is 1. The van der Waals surface area contributed by atoms with Crippen molar-refractivity contribution in [3.8, 4) is 11.4 Å². The monoisotopic (exact) mass is 290 g/mol. The van der Waals surface area contributed by atoms with E-state index in [2.05, 4.69) is 15.0 Å². The van der Waals surface area contributed by atoms with Crippen LogP contribution in [0.3, 0.4) is 0 Å². The Balaban J connectivity index is 2.37. The lowest BCUT2D eigenvalue weighted by atomic mass is 10.1. The number of nitrogens with one attached hydrogen (secondary N) is 2.